The Morgan fingerprint density at radius 3 is 2.56 bits per heavy atom. The van der Waals surface area contributed by atoms with Crippen molar-refractivity contribution >= 4 is 17.6 Å². The molecule has 1 saturated heterocycles. The molecule has 1 aliphatic heterocycles. The van der Waals surface area contributed by atoms with Gasteiger partial charge in [-0.1, -0.05) is 0 Å². The molecule has 27 heavy (non-hydrogen) atoms. The van der Waals surface area contributed by atoms with Gasteiger partial charge >= 0.3 is 0 Å². The number of hydrogen-bond donors (Lipinski definition) is 2. The number of nitrogens with one attached hydrogen (secondary N) is 1. The van der Waals surface area contributed by atoms with Gasteiger partial charge in [0.2, 0.25) is 5.95 Å². The van der Waals surface area contributed by atoms with Gasteiger partial charge in [0.1, 0.15) is 17.5 Å². The number of anilines is 3. The lowest BCUT2D eigenvalue weighted by Crippen LogP contribution is -2.39. The van der Waals surface area contributed by atoms with Gasteiger partial charge in [0, 0.05) is 49.4 Å². The van der Waals surface area contributed by atoms with Crippen molar-refractivity contribution in [2.24, 2.45) is 0 Å². The average molecular weight is 365 g/mol. The predicted molar refractivity (Wildman–Crippen MR) is 104 cm³/mol. The number of nitrogens with two attached hydrogens (primary N) is 1. The monoisotopic (exact) mass is 365 g/mol. The van der Waals surface area contributed by atoms with E-state index in [1.54, 1.807) is 10.9 Å². The molecule has 0 amide bonds. The molecule has 0 saturated carbocycles. The SMILES string of the molecule is Cc1cc(N2CCC(Nc3cc(-n4cccn4)nc(N)n3)CC2)nc(C)n1. The van der Waals surface area contributed by atoms with Gasteiger partial charge in [0.25, 0.3) is 0 Å². The van der Waals surface area contributed by atoms with Crippen molar-refractivity contribution < 1.29 is 0 Å². The summed E-state index contributed by atoms with van der Waals surface area (Å²) in [5.74, 6) is 3.42. The lowest BCUT2D eigenvalue weighted by atomic mass is 10.0. The summed E-state index contributed by atoms with van der Waals surface area (Å²) in [7, 11) is 0. The Bertz CT molecular complexity index is 894. The average Bonchev–Trinajstić information content (AvgIpc) is 3.16. The first-order chi connectivity index (χ1) is 13.1. The van der Waals surface area contributed by atoms with Crippen molar-refractivity contribution in [3.8, 4) is 5.82 Å². The number of piperidine rings is 1. The maximum atomic E-state index is 5.87. The molecular weight excluding hydrogens is 342 g/mol. The molecular formula is C18H23N9. The second-order valence-corrected chi connectivity index (χ2v) is 6.74. The molecule has 0 atom stereocenters. The van der Waals surface area contributed by atoms with E-state index in [0.717, 1.165) is 49.1 Å². The fraction of sp³-hybridized carbons (Fsp3) is 0.389. The van der Waals surface area contributed by atoms with Gasteiger partial charge in [-0.25, -0.2) is 14.6 Å². The molecule has 0 bridgehead atoms. The van der Waals surface area contributed by atoms with E-state index in [2.05, 4.69) is 35.3 Å². The molecule has 0 spiro atoms. The normalized spacial score (nSPS) is 15.1. The van der Waals surface area contributed by atoms with Crippen molar-refractivity contribution in [3.63, 3.8) is 0 Å². The summed E-state index contributed by atoms with van der Waals surface area (Å²) in [6.45, 7) is 5.80. The van der Waals surface area contributed by atoms with Crippen LogP contribution in [0.25, 0.3) is 5.82 Å². The predicted octanol–water partition coefficient (Wildman–Crippen LogP) is 1.73. The van der Waals surface area contributed by atoms with Crippen LogP contribution in [-0.4, -0.2) is 48.8 Å². The molecule has 3 aromatic heterocycles. The van der Waals surface area contributed by atoms with Crippen molar-refractivity contribution in [2.75, 3.05) is 29.0 Å². The largest absolute Gasteiger partial charge is 0.368 e. The van der Waals surface area contributed by atoms with E-state index in [-0.39, 0.29) is 5.95 Å². The lowest BCUT2D eigenvalue weighted by Gasteiger charge is -2.33. The molecule has 3 N–H and O–H groups in total. The molecule has 9 heteroatoms. The Morgan fingerprint density at radius 2 is 1.85 bits per heavy atom. The molecule has 0 aliphatic carbocycles. The minimum Gasteiger partial charge on any atom is -0.368 e. The number of rotatable bonds is 4. The Hall–Kier alpha value is -3.23. The first-order valence-electron chi connectivity index (χ1n) is 9.05. The van der Waals surface area contributed by atoms with Gasteiger partial charge in [0.05, 0.1) is 0 Å². The molecule has 1 aliphatic rings. The van der Waals surface area contributed by atoms with Crippen molar-refractivity contribution in [2.45, 2.75) is 32.7 Å². The zero-order valence-electron chi connectivity index (χ0n) is 15.5. The highest BCUT2D eigenvalue weighted by molar-refractivity contribution is 5.47. The highest BCUT2D eigenvalue weighted by atomic mass is 15.3. The Balaban J connectivity index is 1.42. The van der Waals surface area contributed by atoms with Crippen LogP contribution in [0.4, 0.5) is 17.6 Å². The van der Waals surface area contributed by atoms with Crippen LogP contribution in [0.1, 0.15) is 24.4 Å². The number of hydrogen-bond acceptors (Lipinski definition) is 8. The highest BCUT2D eigenvalue weighted by Gasteiger charge is 2.21. The van der Waals surface area contributed by atoms with Gasteiger partial charge in [-0.05, 0) is 32.8 Å². The van der Waals surface area contributed by atoms with Crippen LogP contribution in [0.3, 0.4) is 0 Å². The van der Waals surface area contributed by atoms with Gasteiger partial charge in [-0.15, -0.1) is 0 Å². The Morgan fingerprint density at radius 1 is 1.04 bits per heavy atom. The van der Waals surface area contributed by atoms with E-state index in [1.807, 2.05) is 38.2 Å². The van der Waals surface area contributed by atoms with Gasteiger partial charge < -0.3 is 16.0 Å². The van der Waals surface area contributed by atoms with Crippen molar-refractivity contribution in [1.82, 2.24) is 29.7 Å². The molecule has 4 heterocycles. The third-order valence-electron chi connectivity index (χ3n) is 4.59. The lowest BCUT2D eigenvalue weighted by molar-refractivity contribution is 0.521. The van der Waals surface area contributed by atoms with Crippen LogP contribution in [0.2, 0.25) is 0 Å². The van der Waals surface area contributed by atoms with Crippen LogP contribution in [-0.2, 0) is 0 Å². The summed E-state index contributed by atoms with van der Waals surface area (Å²) in [6, 6.07) is 6.08. The van der Waals surface area contributed by atoms with Crippen LogP contribution < -0.4 is 16.0 Å². The topological polar surface area (TPSA) is 111 Å². The minimum atomic E-state index is 0.231. The van der Waals surface area contributed by atoms with E-state index in [0.29, 0.717) is 11.9 Å². The molecule has 0 radical (unpaired) electrons. The highest BCUT2D eigenvalue weighted by Crippen LogP contribution is 2.21. The van der Waals surface area contributed by atoms with E-state index >= 15 is 0 Å². The first-order valence-corrected chi connectivity index (χ1v) is 9.05. The molecule has 3 aromatic rings. The molecule has 0 unspecified atom stereocenters. The molecule has 4 rings (SSSR count). The summed E-state index contributed by atoms with van der Waals surface area (Å²) in [6.07, 6.45) is 5.51. The number of nitrogen functional groups attached to an aromatic ring is 1. The van der Waals surface area contributed by atoms with Gasteiger partial charge in [-0.3, -0.25) is 0 Å². The Labute approximate surface area is 157 Å². The van der Waals surface area contributed by atoms with Gasteiger partial charge in [-0.2, -0.15) is 15.1 Å². The standard InChI is InChI=1S/C18H23N9/c1-12-10-16(22-13(2)21-12)26-8-4-14(5-9-26)23-15-11-17(25-18(19)24-15)27-7-3-6-20-27/h3,6-7,10-11,14H,4-5,8-9H2,1-2H3,(H3,19,23,24,25). The second-order valence-electron chi connectivity index (χ2n) is 6.74. The Kier molecular flexibility index (Phi) is 4.57. The smallest absolute Gasteiger partial charge is 0.224 e. The summed E-state index contributed by atoms with van der Waals surface area (Å²) < 4.78 is 1.67. The quantitative estimate of drug-likeness (QED) is 0.719. The molecule has 0 aromatic carbocycles. The summed E-state index contributed by atoms with van der Waals surface area (Å²) in [5, 5.41) is 7.68. The molecule has 1 fully saturated rings. The summed E-state index contributed by atoms with van der Waals surface area (Å²) >= 11 is 0. The maximum absolute atomic E-state index is 5.87. The first kappa shape index (κ1) is 17.2. The zero-order chi connectivity index (χ0) is 18.8. The van der Waals surface area contributed by atoms with Crippen LogP contribution in [0, 0.1) is 13.8 Å². The fourth-order valence-corrected chi connectivity index (χ4v) is 3.37. The molecule has 140 valence electrons. The van der Waals surface area contributed by atoms with E-state index in [4.69, 9.17) is 5.73 Å². The second kappa shape index (κ2) is 7.18. The minimum absolute atomic E-state index is 0.231. The third kappa shape index (κ3) is 3.97. The van der Waals surface area contributed by atoms with Gasteiger partial charge in [0.15, 0.2) is 5.82 Å². The zero-order valence-corrected chi connectivity index (χ0v) is 15.5. The number of aromatic nitrogens is 6. The van der Waals surface area contributed by atoms with Crippen molar-refractivity contribution in [1.29, 1.82) is 0 Å². The van der Waals surface area contributed by atoms with Crippen LogP contribution in [0.15, 0.2) is 30.6 Å². The number of aryl methyl sites for hydroxylation is 2. The summed E-state index contributed by atoms with van der Waals surface area (Å²) in [5.41, 5.74) is 6.87. The van der Waals surface area contributed by atoms with E-state index in [1.165, 1.54) is 0 Å². The van der Waals surface area contributed by atoms with Crippen molar-refractivity contribution in [3.05, 3.63) is 42.1 Å². The third-order valence-corrected chi connectivity index (χ3v) is 4.59. The number of nitrogens with zero attached hydrogens (tertiary/aromatic N) is 7. The van der Waals surface area contributed by atoms with Crippen LogP contribution >= 0.6 is 0 Å². The summed E-state index contributed by atoms with van der Waals surface area (Å²) in [4.78, 5) is 19.8. The van der Waals surface area contributed by atoms with E-state index < -0.39 is 0 Å². The van der Waals surface area contributed by atoms with Crippen LogP contribution in [0.5, 0.6) is 0 Å². The fourth-order valence-electron chi connectivity index (χ4n) is 3.37. The molecule has 9 nitrogen and oxygen atoms in total. The maximum Gasteiger partial charge on any atom is 0.224 e. The van der Waals surface area contributed by atoms with E-state index in [9.17, 15) is 0 Å².